The molecule has 0 amide bonds. The third-order valence-corrected chi connectivity index (χ3v) is 3.56. The number of rotatable bonds is 4. The fraction of sp³-hybridized carbons (Fsp3) is 0.400. The predicted molar refractivity (Wildman–Crippen MR) is 85.3 cm³/mol. The van der Waals surface area contributed by atoms with Gasteiger partial charge in [-0.1, -0.05) is 23.7 Å². The molecule has 2 aromatic rings. The summed E-state index contributed by atoms with van der Waals surface area (Å²) in [5, 5.41) is 8.65. The van der Waals surface area contributed by atoms with Crippen LogP contribution in [0.4, 0.5) is 11.5 Å². The third kappa shape index (κ3) is 2.90. The summed E-state index contributed by atoms with van der Waals surface area (Å²) in [6, 6.07) is 8.17. The van der Waals surface area contributed by atoms with E-state index in [1.54, 1.807) is 0 Å². The first-order chi connectivity index (χ1) is 9.40. The van der Waals surface area contributed by atoms with Crippen molar-refractivity contribution in [1.29, 1.82) is 0 Å². The molecule has 4 nitrogen and oxygen atoms in total. The highest BCUT2D eigenvalue weighted by Crippen LogP contribution is 2.29. The fourth-order valence-electron chi connectivity index (χ4n) is 2.14. The van der Waals surface area contributed by atoms with Crippen LogP contribution >= 0.6 is 11.6 Å². The number of anilines is 2. The Morgan fingerprint density at radius 3 is 2.60 bits per heavy atom. The Bertz CT molecular complexity index is 604. The van der Waals surface area contributed by atoms with Gasteiger partial charge >= 0.3 is 0 Å². The van der Waals surface area contributed by atoms with E-state index in [0.29, 0.717) is 5.69 Å². The molecular formula is C15H21ClN4. The van der Waals surface area contributed by atoms with Crippen LogP contribution in [-0.2, 0) is 0 Å². The average molecular weight is 293 g/mol. The number of hydrogen-bond donors (Lipinski definition) is 2. The lowest BCUT2D eigenvalue weighted by atomic mass is 10.1. The van der Waals surface area contributed by atoms with Crippen LogP contribution in [0, 0.1) is 6.92 Å². The molecule has 20 heavy (non-hydrogen) atoms. The zero-order chi connectivity index (χ0) is 14.9. The van der Waals surface area contributed by atoms with Gasteiger partial charge in [0.2, 0.25) is 0 Å². The number of nitrogens with zero attached hydrogens (tertiary/aromatic N) is 2. The van der Waals surface area contributed by atoms with E-state index in [2.05, 4.69) is 31.2 Å². The highest BCUT2D eigenvalue weighted by Gasteiger charge is 2.17. The smallest absolute Gasteiger partial charge is 0.148 e. The van der Waals surface area contributed by atoms with Crippen LogP contribution in [0.3, 0.4) is 0 Å². The van der Waals surface area contributed by atoms with Crippen LogP contribution in [0.25, 0.3) is 0 Å². The first kappa shape index (κ1) is 14.7. The minimum absolute atomic E-state index is 0.101. The van der Waals surface area contributed by atoms with E-state index >= 15 is 0 Å². The van der Waals surface area contributed by atoms with Gasteiger partial charge in [-0.15, -0.1) is 0 Å². The number of benzene rings is 1. The minimum Gasteiger partial charge on any atom is -0.394 e. The Morgan fingerprint density at radius 2 is 2.00 bits per heavy atom. The molecular weight excluding hydrogens is 272 g/mol. The highest BCUT2D eigenvalue weighted by molar-refractivity contribution is 6.30. The summed E-state index contributed by atoms with van der Waals surface area (Å²) in [6.45, 7) is 8.17. The van der Waals surface area contributed by atoms with Gasteiger partial charge in [0.15, 0.2) is 0 Å². The van der Waals surface area contributed by atoms with E-state index < -0.39 is 0 Å². The zero-order valence-corrected chi connectivity index (χ0v) is 13.1. The van der Waals surface area contributed by atoms with E-state index in [9.17, 15) is 0 Å². The van der Waals surface area contributed by atoms with Gasteiger partial charge in [0.05, 0.1) is 17.4 Å². The molecule has 0 aliphatic rings. The van der Waals surface area contributed by atoms with Gasteiger partial charge in [-0.05, 0) is 45.4 Å². The van der Waals surface area contributed by atoms with Gasteiger partial charge in [0, 0.05) is 11.1 Å². The van der Waals surface area contributed by atoms with Crippen molar-refractivity contribution in [3.05, 3.63) is 40.5 Å². The van der Waals surface area contributed by atoms with Gasteiger partial charge in [-0.2, -0.15) is 5.10 Å². The maximum atomic E-state index is 6.13. The molecule has 5 heteroatoms. The van der Waals surface area contributed by atoms with Crippen molar-refractivity contribution in [2.24, 2.45) is 0 Å². The molecule has 1 aromatic heterocycles. The number of aryl methyl sites for hydroxylation is 1. The molecule has 3 N–H and O–H groups in total. The molecule has 2 rings (SSSR count). The Hall–Kier alpha value is -1.68. The quantitative estimate of drug-likeness (QED) is 0.889. The molecule has 1 heterocycles. The van der Waals surface area contributed by atoms with Crippen LogP contribution in [0.15, 0.2) is 24.3 Å². The van der Waals surface area contributed by atoms with E-state index in [1.807, 2.05) is 35.9 Å². The number of nitrogen functional groups attached to an aromatic ring is 1. The van der Waals surface area contributed by atoms with Crippen molar-refractivity contribution >= 4 is 23.1 Å². The normalized spacial score (nSPS) is 12.7. The summed E-state index contributed by atoms with van der Waals surface area (Å²) >= 11 is 6.04. The number of aromatic nitrogens is 2. The maximum absolute atomic E-state index is 6.13. The Kier molecular flexibility index (Phi) is 4.23. The molecule has 0 bridgehead atoms. The Balaban J connectivity index is 2.30. The van der Waals surface area contributed by atoms with Gasteiger partial charge in [0.25, 0.3) is 0 Å². The number of hydrogen-bond acceptors (Lipinski definition) is 3. The largest absolute Gasteiger partial charge is 0.394 e. The lowest BCUT2D eigenvalue weighted by molar-refractivity contribution is 0.532. The van der Waals surface area contributed by atoms with Gasteiger partial charge in [0.1, 0.15) is 5.82 Å². The van der Waals surface area contributed by atoms with Gasteiger partial charge < -0.3 is 11.1 Å². The standard InChI is InChI=1S/C15H21ClN4/c1-9(2)20-15(14(17)11(4)19-20)18-10(3)12-6-5-7-13(16)8-12/h5-10,18H,17H2,1-4H3. The molecule has 1 atom stereocenters. The topological polar surface area (TPSA) is 55.9 Å². The lowest BCUT2D eigenvalue weighted by Crippen LogP contribution is -2.14. The molecule has 1 unspecified atom stereocenters. The Morgan fingerprint density at radius 1 is 1.30 bits per heavy atom. The van der Waals surface area contributed by atoms with Crippen LogP contribution in [0.2, 0.25) is 5.02 Å². The molecule has 0 saturated heterocycles. The van der Waals surface area contributed by atoms with Crippen molar-refractivity contribution in [2.75, 3.05) is 11.1 Å². The first-order valence-electron chi connectivity index (χ1n) is 6.76. The van der Waals surface area contributed by atoms with Crippen molar-refractivity contribution in [2.45, 2.75) is 39.8 Å². The van der Waals surface area contributed by atoms with E-state index in [4.69, 9.17) is 17.3 Å². The second-order valence-corrected chi connectivity index (χ2v) is 5.74. The number of nitrogens with one attached hydrogen (secondary N) is 1. The third-order valence-electron chi connectivity index (χ3n) is 3.32. The highest BCUT2D eigenvalue weighted by atomic mass is 35.5. The molecule has 0 saturated carbocycles. The summed E-state index contributed by atoms with van der Waals surface area (Å²) in [5.74, 6) is 0.866. The zero-order valence-electron chi connectivity index (χ0n) is 12.3. The summed E-state index contributed by atoms with van der Waals surface area (Å²) in [6.07, 6.45) is 0. The minimum atomic E-state index is 0.101. The number of nitrogens with two attached hydrogens (primary N) is 1. The fourth-order valence-corrected chi connectivity index (χ4v) is 2.34. The van der Waals surface area contributed by atoms with Crippen LogP contribution < -0.4 is 11.1 Å². The lowest BCUT2D eigenvalue weighted by Gasteiger charge is -2.19. The van der Waals surface area contributed by atoms with Crippen molar-refractivity contribution in [3.63, 3.8) is 0 Å². The summed E-state index contributed by atoms with van der Waals surface area (Å²) in [5.41, 5.74) is 8.79. The molecule has 0 aliphatic carbocycles. The van der Waals surface area contributed by atoms with Crippen molar-refractivity contribution in [3.8, 4) is 0 Å². The van der Waals surface area contributed by atoms with E-state index in [-0.39, 0.29) is 12.1 Å². The average Bonchev–Trinajstić information content (AvgIpc) is 2.67. The summed E-state index contributed by atoms with van der Waals surface area (Å²) < 4.78 is 1.92. The second kappa shape index (κ2) is 5.75. The molecule has 0 aliphatic heterocycles. The molecule has 0 radical (unpaired) electrons. The predicted octanol–water partition coefficient (Wildman–Crippen LogP) is 4.18. The van der Waals surface area contributed by atoms with E-state index in [0.717, 1.165) is 22.1 Å². The summed E-state index contributed by atoms with van der Waals surface area (Å²) in [4.78, 5) is 0. The first-order valence-corrected chi connectivity index (χ1v) is 7.14. The number of halogens is 1. The van der Waals surface area contributed by atoms with Crippen LogP contribution in [0.5, 0.6) is 0 Å². The van der Waals surface area contributed by atoms with E-state index in [1.165, 1.54) is 0 Å². The molecule has 0 fully saturated rings. The van der Waals surface area contributed by atoms with Crippen LogP contribution in [0.1, 0.15) is 44.1 Å². The second-order valence-electron chi connectivity index (χ2n) is 5.31. The molecule has 108 valence electrons. The van der Waals surface area contributed by atoms with Crippen LogP contribution in [-0.4, -0.2) is 9.78 Å². The maximum Gasteiger partial charge on any atom is 0.148 e. The van der Waals surface area contributed by atoms with Crippen molar-refractivity contribution < 1.29 is 0 Å². The SMILES string of the molecule is Cc1nn(C(C)C)c(NC(C)c2cccc(Cl)c2)c1N. The van der Waals surface area contributed by atoms with Crippen molar-refractivity contribution in [1.82, 2.24) is 9.78 Å². The van der Waals surface area contributed by atoms with Gasteiger partial charge in [-0.25, -0.2) is 4.68 Å². The summed E-state index contributed by atoms with van der Waals surface area (Å²) in [7, 11) is 0. The molecule has 0 spiro atoms. The monoisotopic (exact) mass is 292 g/mol. The van der Waals surface area contributed by atoms with Gasteiger partial charge in [-0.3, -0.25) is 0 Å². The Labute approximate surface area is 124 Å². The molecule has 1 aromatic carbocycles.